The highest BCUT2D eigenvalue weighted by molar-refractivity contribution is 5.93. The molecule has 0 saturated heterocycles. The number of carbonyl (C=O) groups is 3. The number of aliphatic carboxylic acids is 1. The van der Waals surface area contributed by atoms with Crippen molar-refractivity contribution in [1.29, 1.82) is 0 Å². The predicted molar refractivity (Wildman–Crippen MR) is 124 cm³/mol. The number of hydrogen-bond donors (Lipinski definition) is 2. The molecule has 0 aliphatic carbocycles. The molecule has 12 heteroatoms. The molecule has 4 rings (SSSR count). The first-order valence-corrected chi connectivity index (χ1v) is 11.2. The van der Waals surface area contributed by atoms with Gasteiger partial charge in [-0.3, -0.25) is 14.6 Å². The third-order valence-corrected chi connectivity index (χ3v) is 5.55. The van der Waals surface area contributed by atoms with Crippen LogP contribution in [0.2, 0.25) is 0 Å². The maximum atomic E-state index is 13.4. The fourth-order valence-corrected chi connectivity index (χ4v) is 3.73. The summed E-state index contributed by atoms with van der Waals surface area (Å²) in [5, 5.41) is 10.1. The summed E-state index contributed by atoms with van der Waals surface area (Å²) in [6.07, 6.45) is -0.823. The monoisotopic (exact) mass is 520 g/mol. The zero-order valence-electron chi connectivity index (χ0n) is 19.5. The maximum absolute atomic E-state index is 13.4. The minimum atomic E-state index is -5.08. The predicted octanol–water partition coefficient (Wildman–Crippen LogP) is 3.21. The number of halogens is 4. The molecule has 37 heavy (non-hydrogen) atoms. The first kappa shape index (κ1) is 27.4. The van der Waals surface area contributed by atoms with E-state index in [9.17, 15) is 27.2 Å². The number of carbonyl (C=O) groups excluding carboxylic acids is 2. The molecule has 2 N–H and O–H groups in total. The molecule has 0 bridgehead atoms. The van der Waals surface area contributed by atoms with Crippen molar-refractivity contribution in [2.24, 2.45) is 0 Å². The van der Waals surface area contributed by atoms with Crippen LogP contribution in [0.5, 0.6) is 0 Å². The second kappa shape index (κ2) is 12.2. The average Bonchev–Trinajstić information content (AvgIpc) is 3.14. The zero-order valence-corrected chi connectivity index (χ0v) is 19.5. The van der Waals surface area contributed by atoms with Crippen molar-refractivity contribution < 1.29 is 37.1 Å². The van der Waals surface area contributed by atoms with Crippen molar-refractivity contribution in [1.82, 2.24) is 19.8 Å². The standard InChI is InChI=1S/C23H23FN4O2.C2HF3O2/c24-19-5-1-3-17(13-19)14-22(29)27-10-8-20-6-7-21(28(20)12-11-27)23(30)26-16-18-4-2-9-25-15-18;3-2(4,5)1(6)7/h1-7,9,13,15H,8,10-12,14,16H2,(H,26,30);(H,6,7). The number of amides is 2. The zero-order chi connectivity index (χ0) is 27.0. The van der Waals surface area contributed by atoms with Crippen molar-refractivity contribution in [3.8, 4) is 0 Å². The summed E-state index contributed by atoms with van der Waals surface area (Å²) < 4.78 is 47.1. The number of benzene rings is 1. The van der Waals surface area contributed by atoms with Gasteiger partial charge in [0, 0.05) is 50.7 Å². The van der Waals surface area contributed by atoms with E-state index in [2.05, 4.69) is 10.3 Å². The summed E-state index contributed by atoms with van der Waals surface area (Å²) in [6, 6.07) is 13.7. The van der Waals surface area contributed by atoms with Crippen LogP contribution >= 0.6 is 0 Å². The lowest BCUT2D eigenvalue weighted by Crippen LogP contribution is -2.35. The third kappa shape index (κ3) is 7.89. The van der Waals surface area contributed by atoms with Crippen LogP contribution in [0, 0.1) is 5.82 Å². The van der Waals surface area contributed by atoms with E-state index in [1.165, 1.54) is 12.1 Å². The van der Waals surface area contributed by atoms with E-state index >= 15 is 0 Å². The van der Waals surface area contributed by atoms with E-state index in [0.717, 1.165) is 11.3 Å². The number of fused-ring (bicyclic) bond motifs is 1. The fourth-order valence-electron chi connectivity index (χ4n) is 3.73. The highest BCUT2D eigenvalue weighted by atomic mass is 19.4. The van der Waals surface area contributed by atoms with E-state index < -0.39 is 12.1 Å². The topological polar surface area (TPSA) is 105 Å². The molecule has 0 unspecified atom stereocenters. The molecule has 0 radical (unpaired) electrons. The number of alkyl halides is 3. The van der Waals surface area contributed by atoms with Gasteiger partial charge >= 0.3 is 12.1 Å². The number of pyridine rings is 1. The Morgan fingerprint density at radius 3 is 2.38 bits per heavy atom. The maximum Gasteiger partial charge on any atom is 0.490 e. The largest absolute Gasteiger partial charge is 0.490 e. The van der Waals surface area contributed by atoms with Gasteiger partial charge < -0.3 is 19.9 Å². The van der Waals surface area contributed by atoms with Gasteiger partial charge in [0.1, 0.15) is 11.5 Å². The lowest BCUT2D eigenvalue weighted by Gasteiger charge is -2.20. The smallest absolute Gasteiger partial charge is 0.475 e. The number of rotatable bonds is 5. The molecular weight excluding hydrogens is 496 g/mol. The summed E-state index contributed by atoms with van der Waals surface area (Å²) in [6.45, 7) is 2.05. The quantitative estimate of drug-likeness (QED) is 0.503. The second-order valence-corrected chi connectivity index (χ2v) is 8.15. The summed E-state index contributed by atoms with van der Waals surface area (Å²) in [4.78, 5) is 40.1. The summed E-state index contributed by atoms with van der Waals surface area (Å²) >= 11 is 0. The molecule has 0 saturated carbocycles. The summed E-state index contributed by atoms with van der Waals surface area (Å²) in [5.74, 6) is -3.28. The lowest BCUT2D eigenvalue weighted by atomic mass is 10.1. The molecule has 3 aromatic rings. The third-order valence-electron chi connectivity index (χ3n) is 5.55. The van der Waals surface area contributed by atoms with Crippen LogP contribution in [0.25, 0.3) is 0 Å². The highest BCUT2D eigenvalue weighted by Crippen LogP contribution is 2.16. The fraction of sp³-hybridized carbons (Fsp3) is 0.280. The Balaban J connectivity index is 0.000000479. The van der Waals surface area contributed by atoms with Gasteiger partial charge in [0.2, 0.25) is 5.91 Å². The summed E-state index contributed by atoms with van der Waals surface area (Å²) in [5.41, 5.74) is 3.22. The Morgan fingerprint density at radius 2 is 1.73 bits per heavy atom. The number of aromatic nitrogens is 2. The molecule has 1 aliphatic heterocycles. The average molecular weight is 520 g/mol. The Bertz CT molecular complexity index is 1240. The molecule has 1 aromatic carbocycles. The van der Waals surface area contributed by atoms with Gasteiger partial charge in [0.15, 0.2) is 0 Å². The molecule has 2 amide bonds. The molecule has 3 heterocycles. The Kier molecular flexibility index (Phi) is 8.99. The number of hydrogen-bond acceptors (Lipinski definition) is 4. The van der Waals surface area contributed by atoms with Crippen molar-refractivity contribution in [2.45, 2.75) is 32.1 Å². The minimum Gasteiger partial charge on any atom is -0.475 e. The van der Waals surface area contributed by atoms with E-state index in [0.29, 0.717) is 43.9 Å². The first-order chi connectivity index (χ1) is 17.5. The number of nitrogens with zero attached hydrogens (tertiary/aromatic N) is 3. The van der Waals surface area contributed by atoms with Crippen LogP contribution in [0.4, 0.5) is 17.6 Å². The molecule has 0 atom stereocenters. The number of nitrogens with one attached hydrogen (secondary N) is 1. The SMILES string of the molecule is O=C(NCc1cccnc1)c1ccc2n1CCN(C(=O)Cc1cccc(F)c1)CC2.O=C(O)C(F)(F)F. The molecule has 2 aromatic heterocycles. The van der Waals surface area contributed by atoms with Crippen molar-refractivity contribution >= 4 is 17.8 Å². The number of carboxylic acids is 1. The van der Waals surface area contributed by atoms with Crippen LogP contribution in [0.15, 0.2) is 60.9 Å². The van der Waals surface area contributed by atoms with Crippen molar-refractivity contribution in [3.63, 3.8) is 0 Å². The van der Waals surface area contributed by atoms with E-state index in [4.69, 9.17) is 9.90 Å². The van der Waals surface area contributed by atoms with Crippen LogP contribution in [-0.4, -0.2) is 56.6 Å². The van der Waals surface area contributed by atoms with Gasteiger partial charge in [-0.2, -0.15) is 13.2 Å². The molecule has 196 valence electrons. The second-order valence-electron chi connectivity index (χ2n) is 8.15. The van der Waals surface area contributed by atoms with Gasteiger partial charge in [-0.05, 0) is 41.5 Å². The van der Waals surface area contributed by atoms with Crippen LogP contribution in [0.1, 0.15) is 27.3 Å². The normalized spacial score (nSPS) is 13.0. The Labute approximate surface area is 209 Å². The van der Waals surface area contributed by atoms with E-state index in [1.54, 1.807) is 29.4 Å². The summed E-state index contributed by atoms with van der Waals surface area (Å²) in [7, 11) is 0. The molecular formula is C25H24F4N4O4. The Morgan fingerprint density at radius 1 is 1.00 bits per heavy atom. The highest BCUT2D eigenvalue weighted by Gasteiger charge is 2.38. The van der Waals surface area contributed by atoms with Gasteiger partial charge in [-0.1, -0.05) is 18.2 Å². The van der Waals surface area contributed by atoms with Crippen molar-refractivity contribution in [3.05, 3.63) is 89.3 Å². The molecule has 8 nitrogen and oxygen atoms in total. The molecule has 1 aliphatic rings. The minimum absolute atomic E-state index is 0.0334. The van der Waals surface area contributed by atoms with Gasteiger partial charge in [0.25, 0.3) is 5.91 Å². The van der Waals surface area contributed by atoms with Crippen molar-refractivity contribution in [2.75, 3.05) is 13.1 Å². The van der Waals surface area contributed by atoms with E-state index in [1.807, 2.05) is 28.8 Å². The van der Waals surface area contributed by atoms with Crippen LogP contribution < -0.4 is 5.32 Å². The molecule has 0 fully saturated rings. The van der Waals surface area contributed by atoms with Crippen LogP contribution in [0.3, 0.4) is 0 Å². The van der Waals surface area contributed by atoms with Gasteiger partial charge in [-0.25, -0.2) is 9.18 Å². The number of carboxylic acid groups (broad SMARTS) is 1. The molecule has 0 spiro atoms. The lowest BCUT2D eigenvalue weighted by molar-refractivity contribution is -0.192. The van der Waals surface area contributed by atoms with Gasteiger partial charge in [0.05, 0.1) is 6.42 Å². The Hall–Kier alpha value is -4.22. The van der Waals surface area contributed by atoms with E-state index in [-0.39, 0.29) is 24.1 Å². The van der Waals surface area contributed by atoms with Gasteiger partial charge in [-0.15, -0.1) is 0 Å². The first-order valence-electron chi connectivity index (χ1n) is 11.2. The van der Waals surface area contributed by atoms with Crippen LogP contribution in [-0.2, 0) is 35.5 Å².